The molecule has 2 aromatic carbocycles. The quantitative estimate of drug-likeness (QED) is 0.516. The fourth-order valence-electron chi connectivity index (χ4n) is 4.29. The molecule has 0 aliphatic heterocycles. The Bertz CT molecular complexity index is 1210. The number of nitrogens with one attached hydrogen (secondary N) is 2. The van der Waals surface area contributed by atoms with Gasteiger partial charge in [0.2, 0.25) is 15.9 Å². The highest BCUT2D eigenvalue weighted by molar-refractivity contribution is 7.89. The summed E-state index contributed by atoms with van der Waals surface area (Å²) < 4.78 is 41.6. The lowest BCUT2D eigenvalue weighted by Crippen LogP contribution is -2.41. The number of aromatic nitrogens is 1. The molecule has 4 rings (SSSR count). The van der Waals surface area contributed by atoms with E-state index >= 15 is 0 Å². The summed E-state index contributed by atoms with van der Waals surface area (Å²) >= 11 is 0. The molecule has 1 heterocycles. The average Bonchev–Trinajstić information content (AvgIpc) is 2.85. The minimum atomic E-state index is -3.65. The molecule has 0 spiro atoms. The predicted molar refractivity (Wildman–Crippen MR) is 129 cm³/mol. The fraction of sp³-hybridized carbons (Fsp3) is 0.308. The highest BCUT2D eigenvalue weighted by atomic mass is 32.2. The third-order valence-electron chi connectivity index (χ3n) is 6.31. The first-order chi connectivity index (χ1) is 16.3. The van der Waals surface area contributed by atoms with Crippen molar-refractivity contribution in [3.05, 3.63) is 84.4 Å². The van der Waals surface area contributed by atoms with Gasteiger partial charge >= 0.3 is 0 Å². The minimum Gasteiger partial charge on any atom is -0.349 e. The first-order valence-electron chi connectivity index (χ1n) is 11.4. The van der Waals surface area contributed by atoms with Crippen LogP contribution >= 0.6 is 0 Å². The number of nitrogens with zero attached hydrogens (tertiary/aromatic N) is 1. The Kier molecular flexibility index (Phi) is 7.38. The van der Waals surface area contributed by atoms with Crippen molar-refractivity contribution in [1.29, 1.82) is 0 Å². The summed E-state index contributed by atoms with van der Waals surface area (Å²) in [6, 6.07) is 16.1. The molecule has 0 unspecified atom stereocenters. The molecule has 1 atom stereocenters. The number of carbonyl (C=O) groups excluding carboxylic acids is 1. The molecule has 178 valence electrons. The van der Waals surface area contributed by atoms with Crippen molar-refractivity contribution in [2.24, 2.45) is 5.92 Å². The van der Waals surface area contributed by atoms with E-state index in [1.165, 1.54) is 12.1 Å². The van der Waals surface area contributed by atoms with E-state index in [1.54, 1.807) is 48.8 Å². The summed E-state index contributed by atoms with van der Waals surface area (Å²) in [5.41, 5.74) is 2.66. The van der Waals surface area contributed by atoms with Crippen LogP contribution in [0, 0.1) is 11.7 Å². The largest absolute Gasteiger partial charge is 0.349 e. The van der Waals surface area contributed by atoms with Crippen LogP contribution in [0.15, 0.2) is 78.0 Å². The number of hydrogen-bond acceptors (Lipinski definition) is 4. The number of amides is 1. The van der Waals surface area contributed by atoms with Gasteiger partial charge in [0, 0.05) is 24.4 Å². The van der Waals surface area contributed by atoms with Crippen LogP contribution < -0.4 is 10.0 Å². The van der Waals surface area contributed by atoms with E-state index in [2.05, 4.69) is 15.0 Å². The summed E-state index contributed by atoms with van der Waals surface area (Å²) in [7, 11) is -3.65. The lowest BCUT2D eigenvalue weighted by molar-refractivity contribution is -0.126. The summed E-state index contributed by atoms with van der Waals surface area (Å²) in [6.07, 6.45) is 5.82. The molecule has 0 saturated heterocycles. The van der Waals surface area contributed by atoms with Crippen LogP contribution in [0.5, 0.6) is 0 Å². The van der Waals surface area contributed by atoms with Gasteiger partial charge in [-0.1, -0.05) is 30.3 Å². The molecular weight excluding hydrogens is 453 g/mol. The molecule has 1 amide bonds. The van der Waals surface area contributed by atoms with E-state index in [4.69, 9.17) is 0 Å². The Balaban J connectivity index is 1.30. The molecule has 1 aromatic heterocycles. The highest BCUT2D eigenvalue weighted by Gasteiger charge is 2.29. The smallest absolute Gasteiger partial charge is 0.240 e. The number of sulfonamides is 1. The Morgan fingerprint density at radius 1 is 0.971 bits per heavy atom. The summed E-state index contributed by atoms with van der Waals surface area (Å²) in [5, 5.41) is 2.99. The summed E-state index contributed by atoms with van der Waals surface area (Å²) in [5.74, 6) is -0.529. The van der Waals surface area contributed by atoms with Gasteiger partial charge in [-0.05, 0) is 79.6 Å². The van der Waals surface area contributed by atoms with E-state index in [1.807, 2.05) is 19.1 Å². The zero-order valence-electron chi connectivity index (χ0n) is 18.9. The average molecular weight is 482 g/mol. The lowest BCUT2D eigenvalue weighted by atomic mass is 9.85. The third kappa shape index (κ3) is 5.87. The number of hydrogen-bond donors (Lipinski definition) is 2. The standard InChI is InChI=1S/C26H28FN3O3S/c1-18(19-4-10-23(27)11-5-19)29-26(31)21-6-12-24(13-7-21)30-34(32,33)25-14-8-20(9-15-25)22-3-2-16-28-17-22/h2-5,8-11,14-18,21,24,30H,6-7,12-13H2,1H3,(H,29,31)/t18-,21-,24-/m1/s1. The molecule has 6 nitrogen and oxygen atoms in total. The van der Waals surface area contributed by atoms with Crippen LogP contribution in [-0.4, -0.2) is 25.4 Å². The second-order valence-electron chi connectivity index (χ2n) is 8.72. The summed E-state index contributed by atoms with van der Waals surface area (Å²) in [6.45, 7) is 1.87. The summed E-state index contributed by atoms with van der Waals surface area (Å²) in [4.78, 5) is 17.0. The van der Waals surface area contributed by atoms with Crippen molar-refractivity contribution in [1.82, 2.24) is 15.0 Å². The van der Waals surface area contributed by atoms with Crippen molar-refractivity contribution in [2.75, 3.05) is 0 Å². The SMILES string of the molecule is C[C@@H](NC(=O)[C@H]1CC[C@H](NS(=O)(=O)c2ccc(-c3cccnc3)cc2)CC1)c1ccc(F)cc1. The predicted octanol–water partition coefficient (Wildman–Crippen LogP) is 4.60. The Morgan fingerprint density at radius 2 is 1.65 bits per heavy atom. The molecule has 3 aromatic rings. The molecular formula is C26H28FN3O3S. The number of halogens is 1. The second kappa shape index (κ2) is 10.4. The van der Waals surface area contributed by atoms with E-state index in [0.717, 1.165) is 16.7 Å². The number of rotatable bonds is 7. The normalized spacial score (nSPS) is 19.4. The van der Waals surface area contributed by atoms with Gasteiger partial charge in [-0.25, -0.2) is 17.5 Å². The van der Waals surface area contributed by atoms with Gasteiger partial charge in [-0.15, -0.1) is 0 Å². The van der Waals surface area contributed by atoms with Gasteiger partial charge in [0.05, 0.1) is 10.9 Å². The van der Waals surface area contributed by atoms with Crippen LogP contribution in [0.1, 0.15) is 44.2 Å². The van der Waals surface area contributed by atoms with Crippen molar-refractivity contribution in [2.45, 2.75) is 49.6 Å². The molecule has 8 heteroatoms. The van der Waals surface area contributed by atoms with Gasteiger partial charge < -0.3 is 5.32 Å². The molecule has 1 saturated carbocycles. The zero-order chi connectivity index (χ0) is 24.1. The van der Waals surface area contributed by atoms with E-state index in [-0.39, 0.29) is 34.6 Å². The fourth-order valence-corrected chi connectivity index (χ4v) is 5.59. The topological polar surface area (TPSA) is 88.2 Å². The van der Waals surface area contributed by atoms with Crippen LogP contribution in [0.25, 0.3) is 11.1 Å². The van der Waals surface area contributed by atoms with Crippen LogP contribution in [0.3, 0.4) is 0 Å². The van der Waals surface area contributed by atoms with E-state index in [9.17, 15) is 17.6 Å². The molecule has 1 aliphatic rings. The molecule has 2 N–H and O–H groups in total. The second-order valence-corrected chi connectivity index (χ2v) is 10.4. The molecule has 1 aliphatic carbocycles. The van der Waals surface area contributed by atoms with Crippen LogP contribution in [-0.2, 0) is 14.8 Å². The van der Waals surface area contributed by atoms with Crippen molar-refractivity contribution in [3.8, 4) is 11.1 Å². The van der Waals surface area contributed by atoms with Crippen LogP contribution in [0.4, 0.5) is 4.39 Å². The molecule has 0 bridgehead atoms. The minimum absolute atomic E-state index is 0.0517. The Hall–Kier alpha value is -3.10. The lowest BCUT2D eigenvalue weighted by Gasteiger charge is -2.29. The monoisotopic (exact) mass is 481 g/mol. The Labute approximate surface area is 199 Å². The Morgan fingerprint density at radius 3 is 2.26 bits per heavy atom. The van der Waals surface area contributed by atoms with Crippen LogP contribution in [0.2, 0.25) is 0 Å². The number of benzene rings is 2. The first kappa shape index (κ1) is 24.0. The molecule has 34 heavy (non-hydrogen) atoms. The highest BCUT2D eigenvalue weighted by Crippen LogP contribution is 2.27. The van der Waals surface area contributed by atoms with Gasteiger partial charge in [0.1, 0.15) is 5.82 Å². The van der Waals surface area contributed by atoms with Gasteiger partial charge in [-0.3, -0.25) is 9.78 Å². The van der Waals surface area contributed by atoms with Crippen molar-refractivity contribution < 1.29 is 17.6 Å². The third-order valence-corrected chi connectivity index (χ3v) is 7.84. The maximum absolute atomic E-state index is 13.1. The van der Waals surface area contributed by atoms with Gasteiger partial charge in [-0.2, -0.15) is 0 Å². The zero-order valence-corrected chi connectivity index (χ0v) is 19.8. The number of carbonyl (C=O) groups is 1. The van der Waals surface area contributed by atoms with E-state index in [0.29, 0.717) is 25.7 Å². The van der Waals surface area contributed by atoms with Gasteiger partial charge in [0.25, 0.3) is 0 Å². The maximum Gasteiger partial charge on any atom is 0.240 e. The van der Waals surface area contributed by atoms with E-state index < -0.39 is 10.0 Å². The van der Waals surface area contributed by atoms with Gasteiger partial charge in [0.15, 0.2) is 0 Å². The first-order valence-corrected chi connectivity index (χ1v) is 12.9. The van der Waals surface area contributed by atoms with Crippen molar-refractivity contribution >= 4 is 15.9 Å². The molecule has 0 radical (unpaired) electrons. The maximum atomic E-state index is 13.1. The van der Waals surface area contributed by atoms with Crippen molar-refractivity contribution in [3.63, 3.8) is 0 Å². The number of pyridine rings is 1. The molecule has 1 fully saturated rings.